The molecule has 3 unspecified atom stereocenters. The Bertz CT molecular complexity index is 3220. The van der Waals surface area contributed by atoms with E-state index in [1.807, 2.05) is 33.8 Å². The third kappa shape index (κ3) is 21.5. The minimum absolute atomic E-state index is 0.00807. The van der Waals surface area contributed by atoms with Gasteiger partial charge in [-0.15, -0.1) is 6.58 Å². The Morgan fingerprint density at radius 2 is 1.38 bits per heavy atom. The van der Waals surface area contributed by atoms with Crippen molar-refractivity contribution in [2.24, 2.45) is 40.9 Å². The first-order chi connectivity index (χ1) is 50.9. The van der Waals surface area contributed by atoms with Gasteiger partial charge in [-0.1, -0.05) is 111 Å². The highest BCUT2D eigenvalue weighted by Gasteiger charge is 2.60. The molecular weight excluding hydrogens is 1400 g/mol. The van der Waals surface area contributed by atoms with Crippen molar-refractivity contribution in [2.45, 2.75) is 268 Å². The van der Waals surface area contributed by atoms with Crippen LogP contribution in [-0.2, 0) is 67.0 Å². The number of halogens is 3. The largest absolute Gasteiger partial charge is 0.394 e. The van der Waals surface area contributed by atoms with Crippen LogP contribution in [0.25, 0.3) is 0 Å². The lowest BCUT2D eigenvalue weighted by molar-refractivity contribution is -0.215. The highest BCUT2D eigenvalue weighted by molar-refractivity contribution is 6.01. The molecule has 2 saturated heterocycles. The third-order valence-electron chi connectivity index (χ3n) is 24.5. The fraction of sp³-hybridized carbons (Fsp3) is 0.797. The molecule has 7 rings (SSSR count). The van der Waals surface area contributed by atoms with Gasteiger partial charge in [-0.3, -0.25) is 57.5 Å². The lowest BCUT2D eigenvalue weighted by Gasteiger charge is -2.54. The van der Waals surface area contributed by atoms with Crippen molar-refractivity contribution in [3.05, 3.63) is 24.8 Å². The monoisotopic (exact) mass is 1520 g/mol. The zero-order valence-corrected chi connectivity index (χ0v) is 67.1. The maximum Gasteiger partial charge on any atom is 0.394 e. The average Bonchev–Trinajstić information content (AvgIpc) is 0.802. The van der Waals surface area contributed by atoms with Crippen LogP contribution in [0.4, 0.5) is 13.2 Å². The Kier molecular flexibility index (Phi) is 31.5. The molecule has 108 heavy (non-hydrogen) atoms. The summed E-state index contributed by atoms with van der Waals surface area (Å²) in [6, 6.07) is -10.2. The first kappa shape index (κ1) is 88.0. The second-order valence-corrected chi connectivity index (χ2v) is 33.3. The molecule has 26 nitrogen and oxygen atoms in total. The normalized spacial score (nSPS) is 31.5. The highest BCUT2D eigenvalue weighted by Crippen LogP contribution is 2.50. The van der Waals surface area contributed by atoms with Crippen molar-refractivity contribution < 1.29 is 80.2 Å². The number of ether oxygens (including phenoxy) is 2. The highest BCUT2D eigenvalue weighted by atomic mass is 19.4. The lowest BCUT2D eigenvalue weighted by Crippen LogP contribution is -2.71. The average molecular weight is 1530 g/mol. The summed E-state index contributed by atoms with van der Waals surface area (Å²) < 4.78 is 54.6. The number of fused-ring (bicyclic) bond motifs is 3. The van der Waals surface area contributed by atoms with Gasteiger partial charge < -0.3 is 69.5 Å². The zero-order chi connectivity index (χ0) is 80.0. The molecule has 29 heteroatoms. The smallest absolute Gasteiger partial charge is 0.381 e. The third-order valence-corrected chi connectivity index (χ3v) is 24.5. The van der Waals surface area contributed by atoms with Crippen LogP contribution in [0.1, 0.15) is 196 Å². The van der Waals surface area contributed by atoms with Crippen molar-refractivity contribution in [3.63, 3.8) is 0 Å². The number of amides is 12. The number of nitrogens with one attached hydrogen (secondary N) is 3. The van der Waals surface area contributed by atoms with E-state index in [-0.39, 0.29) is 103 Å². The first-order valence-corrected chi connectivity index (χ1v) is 39.7. The summed E-state index contributed by atoms with van der Waals surface area (Å²) in [6.07, 6.45) is 5.43. The molecule has 3 heterocycles. The van der Waals surface area contributed by atoms with Gasteiger partial charge in [0.05, 0.1) is 31.1 Å². The van der Waals surface area contributed by atoms with Crippen LogP contribution >= 0.6 is 0 Å². The maximum absolute atomic E-state index is 15.8. The minimum atomic E-state index is -4.53. The molecule has 7 aliphatic rings. The van der Waals surface area contributed by atoms with E-state index in [1.54, 1.807) is 19.9 Å². The molecule has 13 atom stereocenters. The Balaban J connectivity index is 1.34. The number of carbonyl (C=O) groups is 12. The van der Waals surface area contributed by atoms with Gasteiger partial charge in [-0.2, -0.15) is 13.2 Å². The van der Waals surface area contributed by atoms with Crippen molar-refractivity contribution in [1.82, 2.24) is 60.0 Å². The summed E-state index contributed by atoms with van der Waals surface area (Å²) in [6.45, 7) is 15.8. The summed E-state index contributed by atoms with van der Waals surface area (Å²) in [5.41, 5.74) is -2.18. The SMILES string of the molecule is C=CCN1CC(=O)N(C)[C@H]2C/C=C\CCN(C2=O)[C@@H](CC2CCC(C)CC2)C(=O)N(C)CC(=O)N[C@@H](CCC2CCC(C(F)(F)F)C(OC)C2)C(=O)N2C[C@H](OCC)C[C@H]2C(=O)NC2(CC(C)(C)C2)C(=O)N(C)[C@@H](C2CCCC2)C(=O)N(C)[C@H](C(=O)N(C)C)CC(=O)N(C)[C@@H](CCC)C(=O)N[C@@H]([C@@H](C)CC)C1=O. The zero-order valence-electron chi connectivity index (χ0n) is 67.1. The van der Waals surface area contributed by atoms with Gasteiger partial charge in [0.15, 0.2) is 0 Å². The predicted molar refractivity (Wildman–Crippen MR) is 400 cm³/mol. The Labute approximate surface area is 638 Å². The summed E-state index contributed by atoms with van der Waals surface area (Å²) >= 11 is 0. The molecule has 6 fully saturated rings. The molecule has 4 saturated carbocycles. The number of carbonyl (C=O) groups excluding carboxylic acids is 12. The topological polar surface area (TPSA) is 289 Å². The molecule has 2 bridgehead atoms. The molecule has 3 N–H and O–H groups in total. The molecule has 0 aromatic heterocycles. The van der Waals surface area contributed by atoms with Gasteiger partial charge in [0.2, 0.25) is 70.9 Å². The summed E-state index contributed by atoms with van der Waals surface area (Å²) in [4.78, 5) is 195. The van der Waals surface area contributed by atoms with Gasteiger partial charge in [0.1, 0.15) is 60.4 Å². The number of hydrogen-bond donors (Lipinski definition) is 3. The van der Waals surface area contributed by atoms with Gasteiger partial charge in [0, 0.05) is 89.1 Å². The van der Waals surface area contributed by atoms with E-state index in [0.717, 1.165) is 38.5 Å². The molecule has 0 radical (unpaired) electrons. The molecule has 12 amide bonds. The van der Waals surface area contributed by atoms with Crippen molar-refractivity contribution in [3.8, 4) is 0 Å². The second kappa shape index (κ2) is 38.7. The van der Waals surface area contributed by atoms with Crippen molar-refractivity contribution >= 4 is 70.9 Å². The van der Waals surface area contributed by atoms with Crippen LogP contribution in [0.5, 0.6) is 0 Å². The van der Waals surface area contributed by atoms with Crippen molar-refractivity contribution in [2.75, 3.05) is 95.8 Å². The molecule has 3 aliphatic heterocycles. The number of rotatable bonds is 16. The maximum atomic E-state index is 15.8. The predicted octanol–water partition coefficient (Wildman–Crippen LogP) is 6.48. The molecule has 1 spiro atoms. The van der Waals surface area contributed by atoms with Crippen LogP contribution in [0.15, 0.2) is 24.8 Å². The number of likely N-dealkylation sites (N-methyl/N-ethyl adjacent to an activating group) is 6. The standard InChI is InChI=1S/C79H127F3N12O14/c1-17-26-57-68(98)84-66(50(6)19-3)74(104)92(38-18-2)46-65(97)89(13)58-29-22-21-25-39-93(73(58)103)61(40-51-32-30-49(5)31-33-51)72(102)87(11)45-63(95)83-56(37-35-52-34-36-55(79(80,81)82)62(41-52)107-16)70(100)94-44-54(108-20-4)42-59(94)69(99)85-78(47-77(7,8)48-78)76(106)91(15)67(53-27-23-24-28-53)75(105)90(14)60(71(101)86(9)10)43-64(96)88(57)12/h18,21-22,49-62,66-67H,2,17,19-20,23-48H2,1,3-16H3,(H,83,95)(H,84,98)(H,85,99)/b22-21-/t49?,50-,51?,52?,54+,55?,56-,57-,58-,59-,60-,61-,62?,66-,67-/m0/s1. The number of methoxy groups -OCH3 is 1. The van der Waals surface area contributed by atoms with E-state index in [2.05, 4.69) is 29.5 Å². The van der Waals surface area contributed by atoms with E-state index in [1.165, 1.54) is 107 Å². The summed E-state index contributed by atoms with van der Waals surface area (Å²) in [7, 11) is 11.4. The quantitative estimate of drug-likeness (QED) is 0.139. The molecule has 608 valence electrons. The number of alkyl halides is 3. The minimum Gasteiger partial charge on any atom is -0.381 e. The van der Waals surface area contributed by atoms with Crippen LogP contribution < -0.4 is 16.0 Å². The molecule has 4 aliphatic carbocycles. The van der Waals surface area contributed by atoms with Crippen LogP contribution in [0.3, 0.4) is 0 Å². The molecule has 0 aromatic carbocycles. The van der Waals surface area contributed by atoms with Crippen LogP contribution in [-0.4, -0.2) is 283 Å². The molecular formula is C79H127F3N12O14. The van der Waals surface area contributed by atoms with Gasteiger partial charge in [0.25, 0.3) is 0 Å². The summed E-state index contributed by atoms with van der Waals surface area (Å²) in [5.74, 6) is -10.6. The van der Waals surface area contributed by atoms with E-state index >= 15 is 33.6 Å². The van der Waals surface area contributed by atoms with E-state index in [4.69, 9.17) is 9.47 Å². The Morgan fingerprint density at radius 3 is 1.97 bits per heavy atom. The van der Waals surface area contributed by atoms with E-state index in [0.29, 0.717) is 38.0 Å². The summed E-state index contributed by atoms with van der Waals surface area (Å²) in [5, 5.41) is 8.91. The second-order valence-electron chi connectivity index (χ2n) is 33.3. The Morgan fingerprint density at radius 1 is 0.722 bits per heavy atom. The number of nitrogens with zero attached hydrogens (tertiary/aromatic N) is 9. The van der Waals surface area contributed by atoms with E-state index < -0.39 is 192 Å². The van der Waals surface area contributed by atoms with E-state index in [9.17, 15) is 37.1 Å². The van der Waals surface area contributed by atoms with Crippen molar-refractivity contribution in [1.29, 1.82) is 0 Å². The van der Waals surface area contributed by atoms with Crippen LogP contribution in [0.2, 0.25) is 0 Å². The Hall–Kier alpha value is -7.17. The van der Waals surface area contributed by atoms with Gasteiger partial charge in [-0.25, -0.2) is 0 Å². The van der Waals surface area contributed by atoms with Crippen LogP contribution in [0, 0.1) is 40.9 Å². The van der Waals surface area contributed by atoms with Gasteiger partial charge in [-0.05, 0) is 125 Å². The lowest BCUT2D eigenvalue weighted by atomic mass is 9.58. The fourth-order valence-electron chi connectivity index (χ4n) is 18.1. The molecule has 0 aromatic rings. The number of hydrogen-bond acceptors (Lipinski definition) is 14. The van der Waals surface area contributed by atoms with Gasteiger partial charge >= 0.3 is 6.18 Å². The first-order valence-electron chi connectivity index (χ1n) is 39.7. The fourth-order valence-corrected chi connectivity index (χ4v) is 18.1.